The molecule has 0 bridgehead atoms. The number of carbonyl (C=O) groups excluding carboxylic acids is 1. The fraction of sp³-hybridized carbons (Fsp3) is 0.667. The van der Waals surface area contributed by atoms with E-state index in [2.05, 4.69) is 10.1 Å². The molecule has 0 aromatic carbocycles. The second-order valence-electron chi connectivity index (χ2n) is 3.68. The molecule has 2 rings (SSSR count). The average molecular weight is 212 g/mol. The molecule has 1 fully saturated rings. The molecule has 5 heteroatoms. The van der Waals surface area contributed by atoms with Crippen molar-refractivity contribution in [3.63, 3.8) is 0 Å². The number of carbonyl (C=O) groups is 1. The zero-order valence-electron chi connectivity index (χ0n) is 8.19. The number of rotatable bonds is 2. The molecule has 14 heavy (non-hydrogen) atoms. The van der Waals surface area contributed by atoms with Crippen molar-refractivity contribution in [3.8, 4) is 0 Å². The first-order valence-electron chi connectivity index (χ1n) is 4.62. The monoisotopic (exact) mass is 212 g/mol. The lowest BCUT2D eigenvalue weighted by Crippen LogP contribution is -2.09. The van der Waals surface area contributed by atoms with E-state index in [1.165, 1.54) is 0 Å². The molecule has 1 aromatic heterocycles. The number of nitrogens with zero attached hydrogens (tertiary/aromatic N) is 2. The second kappa shape index (κ2) is 3.73. The van der Waals surface area contributed by atoms with Gasteiger partial charge >= 0.3 is 0 Å². The largest absolute Gasteiger partial charge is 0.339 e. The summed E-state index contributed by atoms with van der Waals surface area (Å²) in [6, 6.07) is 0. The van der Waals surface area contributed by atoms with E-state index in [-0.39, 0.29) is 17.6 Å². The van der Waals surface area contributed by atoms with Crippen LogP contribution in [0.3, 0.4) is 0 Å². The summed E-state index contributed by atoms with van der Waals surface area (Å²) in [5.41, 5.74) is 0. The predicted octanol–water partition coefficient (Wildman–Crippen LogP) is 1.59. The summed E-state index contributed by atoms with van der Waals surface area (Å²) in [6.07, 6.45) is 0. The topological polar surface area (TPSA) is 56.0 Å². The van der Waals surface area contributed by atoms with Gasteiger partial charge in [0.2, 0.25) is 5.89 Å². The van der Waals surface area contributed by atoms with Crippen molar-refractivity contribution in [2.45, 2.75) is 25.7 Å². The third kappa shape index (κ3) is 1.68. The van der Waals surface area contributed by atoms with E-state index >= 15 is 0 Å². The zero-order valence-corrected chi connectivity index (χ0v) is 9.00. The second-order valence-corrected chi connectivity index (χ2v) is 4.71. The number of aromatic nitrogens is 2. The Labute approximate surface area is 86.4 Å². The number of hydrogen-bond acceptors (Lipinski definition) is 5. The summed E-state index contributed by atoms with van der Waals surface area (Å²) in [7, 11) is 0. The Bertz CT molecular complexity index is 348. The number of ketones is 1. The molecule has 1 aliphatic rings. The highest BCUT2D eigenvalue weighted by Crippen LogP contribution is 2.29. The summed E-state index contributed by atoms with van der Waals surface area (Å²) in [4.78, 5) is 15.6. The molecule has 1 aromatic rings. The molecule has 1 aliphatic heterocycles. The van der Waals surface area contributed by atoms with E-state index in [9.17, 15) is 4.79 Å². The Kier molecular flexibility index (Phi) is 2.58. The maximum Gasteiger partial charge on any atom is 0.238 e. The fourth-order valence-electron chi connectivity index (χ4n) is 1.30. The fourth-order valence-corrected chi connectivity index (χ4v) is 2.39. The lowest BCUT2D eigenvalue weighted by Gasteiger charge is -1.98. The lowest BCUT2D eigenvalue weighted by atomic mass is 10.1. The van der Waals surface area contributed by atoms with Crippen LogP contribution in [-0.2, 0) is 4.79 Å². The molecule has 1 saturated heterocycles. The first-order chi connectivity index (χ1) is 6.68. The van der Waals surface area contributed by atoms with Crippen molar-refractivity contribution >= 4 is 17.5 Å². The van der Waals surface area contributed by atoms with Crippen molar-refractivity contribution in [1.29, 1.82) is 0 Å². The first-order valence-corrected chi connectivity index (χ1v) is 5.78. The van der Waals surface area contributed by atoms with Gasteiger partial charge in [-0.25, -0.2) is 0 Å². The first kappa shape index (κ1) is 9.71. The molecule has 0 amide bonds. The summed E-state index contributed by atoms with van der Waals surface area (Å²) >= 11 is 1.63. The molecular weight excluding hydrogens is 200 g/mol. The van der Waals surface area contributed by atoms with Crippen molar-refractivity contribution in [1.82, 2.24) is 10.1 Å². The average Bonchev–Trinajstić information content (AvgIpc) is 2.71. The van der Waals surface area contributed by atoms with Gasteiger partial charge in [-0.2, -0.15) is 16.7 Å². The van der Waals surface area contributed by atoms with Crippen LogP contribution in [0.5, 0.6) is 0 Å². The molecule has 4 nitrogen and oxygen atoms in total. The quantitative estimate of drug-likeness (QED) is 0.745. The van der Waals surface area contributed by atoms with Gasteiger partial charge < -0.3 is 4.52 Å². The van der Waals surface area contributed by atoms with Crippen LogP contribution < -0.4 is 0 Å². The maximum absolute atomic E-state index is 11.4. The predicted molar refractivity (Wildman–Crippen MR) is 53.5 cm³/mol. The molecular formula is C9H12N2O2S. The maximum atomic E-state index is 11.4. The van der Waals surface area contributed by atoms with E-state index in [1.807, 2.05) is 13.8 Å². The van der Waals surface area contributed by atoms with Crippen LogP contribution in [0.2, 0.25) is 0 Å². The molecule has 76 valence electrons. The van der Waals surface area contributed by atoms with Crippen LogP contribution in [0.25, 0.3) is 0 Å². The third-order valence-corrected chi connectivity index (χ3v) is 3.25. The van der Waals surface area contributed by atoms with Gasteiger partial charge in [-0.05, 0) is 0 Å². The van der Waals surface area contributed by atoms with Crippen LogP contribution in [-0.4, -0.2) is 27.4 Å². The SMILES string of the molecule is CC(C)c1noc(C2CSCC2=O)n1. The van der Waals surface area contributed by atoms with Gasteiger partial charge in [0.1, 0.15) is 5.92 Å². The van der Waals surface area contributed by atoms with Crippen molar-refractivity contribution in [2.24, 2.45) is 0 Å². The Hall–Kier alpha value is -0.840. The van der Waals surface area contributed by atoms with E-state index in [1.54, 1.807) is 11.8 Å². The number of thioether (sulfide) groups is 1. The van der Waals surface area contributed by atoms with E-state index < -0.39 is 0 Å². The van der Waals surface area contributed by atoms with Crippen molar-refractivity contribution in [3.05, 3.63) is 11.7 Å². The number of Topliss-reactive ketones (excluding diaryl/α,β-unsaturated/α-hetero) is 1. The minimum atomic E-state index is -0.167. The minimum Gasteiger partial charge on any atom is -0.339 e. The molecule has 2 heterocycles. The van der Waals surface area contributed by atoms with Crippen molar-refractivity contribution < 1.29 is 9.32 Å². The van der Waals surface area contributed by atoms with E-state index in [0.717, 1.165) is 5.75 Å². The number of hydrogen-bond donors (Lipinski definition) is 0. The molecule has 0 spiro atoms. The van der Waals surface area contributed by atoms with Gasteiger partial charge in [-0.1, -0.05) is 19.0 Å². The van der Waals surface area contributed by atoms with Gasteiger partial charge in [0, 0.05) is 11.7 Å². The van der Waals surface area contributed by atoms with Crippen LogP contribution >= 0.6 is 11.8 Å². The van der Waals surface area contributed by atoms with E-state index in [4.69, 9.17) is 4.52 Å². The van der Waals surface area contributed by atoms with Crippen molar-refractivity contribution in [2.75, 3.05) is 11.5 Å². The van der Waals surface area contributed by atoms with Gasteiger partial charge in [-0.3, -0.25) is 4.79 Å². The summed E-state index contributed by atoms with van der Waals surface area (Å²) in [5, 5.41) is 3.85. The smallest absolute Gasteiger partial charge is 0.238 e. The normalized spacial score (nSPS) is 22.2. The van der Waals surface area contributed by atoms with Gasteiger partial charge in [0.25, 0.3) is 0 Å². The third-order valence-electron chi connectivity index (χ3n) is 2.19. The summed E-state index contributed by atoms with van der Waals surface area (Å²) < 4.78 is 5.08. The highest BCUT2D eigenvalue weighted by Gasteiger charge is 2.31. The molecule has 0 saturated carbocycles. The Balaban J connectivity index is 2.20. The molecule has 0 N–H and O–H groups in total. The van der Waals surface area contributed by atoms with Gasteiger partial charge in [-0.15, -0.1) is 0 Å². The molecule has 1 unspecified atom stereocenters. The summed E-state index contributed by atoms with van der Waals surface area (Å²) in [6.45, 7) is 4.00. The van der Waals surface area contributed by atoms with Crippen LogP contribution in [0.15, 0.2) is 4.52 Å². The van der Waals surface area contributed by atoms with Gasteiger partial charge in [0.15, 0.2) is 11.6 Å². The standard InChI is InChI=1S/C9H12N2O2S/c1-5(2)8-10-9(13-11-8)6-3-14-4-7(6)12/h5-6H,3-4H2,1-2H3. The minimum absolute atomic E-state index is 0.167. The Morgan fingerprint density at radius 1 is 1.57 bits per heavy atom. The van der Waals surface area contributed by atoms with Crippen LogP contribution in [0.4, 0.5) is 0 Å². The molecule has 1 atom stereocenters. The van der Waals surface area contributed by atoms with Crippen LogP contribution in [0, 0.1) is 0 Å². The molecule has 0 radical (unpaired) electrons. The molecule has 0 aliphatic carbocycles. The zero-order chi connectivity index (χ0) is 10.1. The van der Waals surface area contributed by atoms with E-state index in [0.29, 0.717) is 17.5 Å². The Morgan fingerprint density at radius 2 is 2.36 bits per heavy atom. The van der Waals surface area contributed by atoms with Gasteiger partial charge in [0.05, 0.1) is 5.75 Å². The highest BCUT2D eigenvalue weighted by molar-refractivity contribution is 8.00. The highest BCUT2D eigenvalue weighted by atomic mass is 32.2. The lowest BCUT2D eigenvalue weighted by molar-refractivity contribution is -0.117. The van der Waals surface area contributed by atoms with Crippen LogP contribution in [0.1, 0.15) is 37.4 Å². The Morgan fingerprint density at radius 3 is 2.86 bits per heavy atom. The summed E-state index contributed by atoms with van der Waals surface area (Å²) in [5.74, 6) is 2.81.